The third kappa shape index (κ3) is 1.97. The van der Waals surface area contributed by atoms with Crippen LogP contribution in [0, 0.1) is 34.5 Å². The number of aliphatic hydroxyl groups excluding tert-OH is 1. The van der Waals surface area contributed by atoms with Gasteiger partial charge in [-0.1, -0.05) is 44.6 Å². The molecule has 2 saturated carbocycles. The van der Waals surface area contributed by atoms with E-state index in [0.29, 0.717) is 5.92 Å². The van der Waals surface area contributed by atoms with Crippen LogP contribution in [0.25, 0.3) is 0 Å². The molecule has 7 atom stereocenters. The van der Waals surface area contributed by atoms with Crippen LogP contribution in [-0.4, -0.2) is 34.0 Å². The van der Waals surface area contributed by atoms with Crippen molar-refractivity contribution in [2.75, 3.05) is 6.61 Å². The van der Waals surface area contributed by atoms with E-state index >= 15 is 0 Å². The molecule has 0 radical (unpaired) electrons. The summed E-state index contributed by atoms with van der Waals surface area (Å²) in [6, 6.07) is 0. The number of allylic oxidation sites excluding steroid dienone is 5. The minimum absolute atomic E-state index is 0.0676. The van der Waals surface area contributed by atoms with Crippen LogP contribution < -0.4 is 0 Å². The summed E-state index contributed by atoms with van der Waals surface area (Å²) in [7, 11) is 0. The van der Waals surface area contributed by atoms with E-state index in [1.54, 1.807) is 12.2 Å². The fraction of sp³-hybridized carbons (Fsp3) is 0.636. The lowest BCUT2D eigenvalue weighted by Crippen LogP contribution is -2.57. The number of hydrogen-bond donors (Lipinski definition) is 2. The molecule has 0 spiro atoms. The largest absolute Gasteiger partial charge is 0.388 e. The van der Waals surface area contributed by atoms with E-state index in [9.17, 15) is 19.8 Å². The topological polar surface area (TPSA) is 74.6 Å². The van der Waals surface area contributed by atoms with Crippen LogP contribution in [0.4, 0.5) is 0 Å². The van der Waals surface area contributed by atoms with Crippen molar-refractivity contribution in [1.29, 1.82) is 0 Å². The molecule has 0 heterocycles. The van der Waals surface area contributed by atoms with E-state index in [1.165, 1.54) is 5.57 Å². The number of hydrogen-bond acceptors (Lipinski definition) is 4. The third-order valence-corrected chi connectivity index (χ3v) is 8.15. The normalized spacial score (nSPS) is 49.3. The van der Waals surface area contributed by atoms with Gasteiger partial charge in [-0.3, -0.25) is 9.59 Å². The van der Waals surface area contributed by atoms with Crippen molar-refractivity contribution in [3.8, 4) is 0 Å². The van der Waals surface area contributed by atoms with Gasteiger partial charge in [0.1, 0.15) is 12.2 Å². The van der Waals surface area contributed by atoms with Crippen LogP contribution in [-0.2, 0) is 9.59 Å². The predicted octanol–water partition coefficient (Wildman–Crippen LogP) is 2.61. The Morgan fingerprint density at radius 2 is 2.04 bits per heavy atom. The van der Waals surface area contributed by atoms with Crippen molar-refractivity contribution in [3.63, 3.8) is 0 Å². The number of carbonyl (C=O) groups is 2. The highest BCUT2D eigenvalue weighted by Gasteiger charge is 2.67. The molecule has 0 bridgehead atoms. The molecule has 0 aliphatic heterocycles. The molecule has 0 aromatic rings. The maximum absolute atomic E-state index is 12.5. The summed E-state index contributed by atoms with van der Waals surface area (Å²) in [6.45, 7) is 5.49. The van der Waals surface area contributed by atoms with Gasteiger partial charge in [-0.05, 0) is 55.1 Å². The first-order chi connectivity index (χ1) is 12.2. The van der Waals surface area contributed by atoms with E-state index < -0.39 is 23.4 Å². The summed E-state index contributed by atoms with van der Waals surface area (Å²) >= 11 is 0. The molecule has 4 nitrogen and oxygen atoms in total. The van der Waals surface area contributed by atoms with Crippen molar-refractivity contribution in [3.05, 3.63) is 36.0 Å². The summed E-state index contributed by atoms with van der Waals surface area (Å²) in [5, 5.41) is 20.8. The third-order valence-electron chi connectivity index (χ3n) is 8.15. The second-order valence-electron chi connectivity index (χ2n) is 9.15. The quantitative estimate of drug-likeness (QED) is 0.746. The molecule has 2 fully saturated rings. The molecule has 4 rings (SSSR count). The Kier molecular flexibility index (Phi) is 3.78. The van der Waals surface area contributed by atoms with Gasteiger partial charge in [-0.15, -0.1) is 0 Å². The smallest absolute Gasteiger partial charge is 0.190 e. The summed E-state index contributed by atoms with van der Waals surface area (Å²) in [5.74, 6) is 0.227. The highest BCUT2D eigenvalue weighted by Crippen LogP contribution is 2.65. The van der Waals surface area contributed by atoms with Gasteiger partial charge in [0.15, 0.2) is 11.6 Å². The van der Waals surface area contributed by atoms with Crippen molar-refractivity contribution >= 4 is 11.6 Å². The summed E-state index contributed by atoms with van der Waals surface area (Å²) in [4.78, 5) is 24.3. The second-order valence-corrected chi connectivity index (χ2v) is 9.15. The molecular weight excluding hydrogens is 328 g/mol. The van der Waals surface area contributed by atoms with Gasteiger partial charge in [0.05, 0.1) is 0 Å². The monoisotopic (exact) mass is 356 g/mol. The van der Waals surface area contributed by atoms with Crippen LogP contribution in [0.1, 0.15) is 40.0 Å². The van der Waals surface area contributed by atoms with E-state index in [-0.39, 0.29) is 29.0 Å². The minimum Gasteiger partial charge on any atom is -0.388 e. The highest BCUT2D eigenvalue weighted by atomic mass is 16.3. The van der Waals surface area contributed by atoms with Gasteiger partial charge in [-0.25, -0.2) is 0 Å². The summed E-state index contributed by atoms with van der Waals surface area (Å²) < 4.78 is 0. The predicted molar refractivity (Wildman–Crippen MR) is 98.1 cm³/mol. The summed E-state index contributed by atoms with van der Waals surface area (Å²) in [5.41, 5.74) is -1.13. The Bertz CT molecular complexity index is 762. The fourth-order valence-electron chi connectivity index (χ4n) is 6.62. The maximum Gasteiger partial charge on any atom is 0.190 e. The van der Waals surface area contributed by atoms with Crippen molar-refractivity contribution in [2.24, 2.45) is 34.5 Å². The van der Waals surface area contributed by atoms with E-state index in [2.05, 4.69) is 19.1 Å². The number of fused-ring (bicyclic) bond motifs is 5. The average Bonchev–Trinajstić information content (AvgIpc) is 2.83. The van der Waals surface area contributed by atoms with E-state index in [1.807, 2.05) is 19.9 Å². The number of aliphatic hydroxyl groups is 2. The Morgan fingerprint density at radius 3 is 2.73 bits per heavy atom. The molecule has 26 heavy (non-hydrogen) atoms. The van der Waals surface area contributed by atoms with Gasteiger partial charge < -0.3 is 10.2 Å². The molecule has 0 aromatic heterocycles. The molecule has 0 saturated heterocycles. The molecule has 0 aromatic carbocycles. The Morgan fingerprint density at radius 1 is 1.31 bits per heavy atom. The highest BCUT2D eigenvalue weighted by molar-refractivity contribution is 6.01. The maximum atomic E-state index is 12.5. The molecule has 4 aliphatic rings. The lowest BCUT2D eigenvalue weighted by molar-refractivity contribution is -0.157. The van der Waals surface area contributed by atoms with Gasteiger partial charge in [-0.2, -0.15) is 0 Å². The number of ketones is 2. The number of rotatable bonds is 2. The van der Waals surface area contributed by atoms with Crippen LogP contribution in [0.2, 0.25) is 0 Å². The van der Waals surface area contributed by atoms with Gasteiger partial charge >= 0.3 is 0 Å². The molecular formula is C22H28O4. The average molecular weight is 356 g/mol. The first-order valence-corrected chi connectivity index (χ1v) is 9.68. The lowest BCUT2D eigenvalue weighted by atomic mass is 9.49. The van der Waals surface area contributed by atoms with E-state index in [4.69, 9.17) is 0 Å². The molecule has 2 N–H and O–H groups in total. The number of carbonyl (C=O) groups excluding carboxylic acids is 2. The molecule has 7 unspecified atom stereocenters. The van der Waals surface area contributed by atoms with Gasteiger partial charge in [0.25, 0.3) is 0 Å². The SMILES string of the molecule is CC1CC2C3CCC4=CC(=O)C=CC4(C)C3C=CC2(C)C1(O)C(=O)CO. The molecule has 0 amide bonds. The van der Waals surface area contributed by atoms with Crippen LogP contribution in [0.5, 0.6) is 0 Å². The van der Waals surface area contributed by atoms with E-state index in [0.717, 1.165) is 19.3 Å². The fourth-order valence-corrected chi connectivity index (χ4v) is 6.62. The van der Waals surface area contributed by atoms with Crippen LogP contribution in [0.15, 0.2) is 36.0 Å². The Hall–Kier alpha value is -1.52. The van der Waals surface area contributed by atoms with Gasteiger partial charge in [0, 0.05) is 10.8 Å². The Balaban J connectivity index is 1.79. The van der Waals surface area contributed by atoms with Crippen molar-refractivity contribution in [1.82, 2.24) is 0 Å². The zero-order valence-corrected chi connectivity index (χ0v) is 15.7. The van der Waals surface area contributed by atoms with Crippen LogP contribution >= 0.6 is 0 Å². The lowest BCUT2D eigenvalue weighted by Gasteiger charge is -2.54. The minimum atomic E-state index is -1.51. The van der Waals surface area contributed by atoms with Gasteiger partial charge in [0.2, 0.25) is 0 Å². The van der Waals surface area contributed by atoms with Crippen LogP contribution in [0.3, 0.4) is 0 Å². The molecule has 4 heteroatoms. The first kappa shape index (κ1) is 17.9. The second kappa shape index (κ2) is 5.49. The first-order valence-electron chi connectivity index (χ1n) is 9.68. The standard InChI is InChI=1S/C22H28O4/c1-13-10-18-16-5-4-14-11-15(24)6-8-20(14,2)17(16)7-9-21(18,3)22(13,26)19(25)12-23/h6-9,11,13,16-18,23,26H,4-5,10,12H2,1-3H3. The summed E-state index contributed by atoms with van der Waals surface area (Å²) in [6.07, 6.45) is 12.4. The molecule has 140 valence electrons. The van der Waals surface area contributed by atoms with Crippen molar-refractivity contribution < 1.29 is 19.8 Å². The molecule has 4 aliphatic carbocycles. The zero-order valence-electron chi connectivity index (χ0n) is 15.7. The van der Waals surface area contributed by atoms with Crippen molar-refractivity contribution in [2.45, 2.75) is 45.6 Å². The number of Topliss-reactive ketones (excluding diaryl/α,β-unsaturated/α-hetero) is 1. The Labute approximate surface area is 154 Å². The zero-order chi connectivity index (χ0) is 18.9.